The molecule has 0 heterocycles. The lowest BCUT2D eigenvalue weighted by atomic mass is 10.3. The molecule has 0 spiro atoms. The van der Waals surface area contributed by atoms with Crippen molar-refractivity contribution in [1.82, 2.24) is 5.32 Å². The van der Waals surface area contributed by atoms with Gasteiger partial charge in [0.1, 0.15) is 6.04 Å². The molecule has 1 unspecified atom stereocenters. The minimum atomic E-state index is -1.02. The Bertz CT molecular complexity index is 436. The van der Waals surface area contributed by atoms with Gasteiger partial charge in [-0.3, -0.25) is 9.59 Å². The highest BCUT2D eigenvalue weighted by Gasteiger charge is 2.13. The zero-order chi connectivity index (χ0) is 14.3. The van der Waals surface area contributed by atoms with Gasteiger partial charge in [0.25, 0.3) is 0 Å². The highest BCUT2D eigenvalue weighted by Crippen LogP contribution is 2.21. The Labute approximate surface area is 125 Å². The molecule has 6 heteroatoms. The fourth-order valence-electron chi connectivity index (χ4n) is 1.33. The molecule has 0 aliphatic rings. The zero-order valence-electron chi connectivity index (χ0n) is 10.6. The van der Waals surface area contributed by atoms with Crippen LogP contribution in [-0.4, -0.2) is 28.8 Å². The first-order valence-corrected chi connectivity index (χ1v) is 7.67. The van der Waals surface area contributed by atoms with Crippen LogP contribution in [0.25, 0.3) is 0 Å². The van der Waals surface area contributed by atoms with Crippen LogP contribution in [0.15, 0.2) is 33.6 Å². The molecule has 1 amide bonds. The summed E-state index contributed by atoms with van der Waals surface area (Å²) in [6.07, 6.45) is 1.07. The van der Waals surface area contributed by atoms with Crippen LogP contribution in [0.4, 0.5) is 0 Å². The number of amides is 1. The molecule has 0 radical (unpaired) electrons. The topological polar surface area (TPSA) is 66.4 Å². The van der Waals surface area contributed by atoms with E-state index in [9.17, 15) is 9.59 Å². The van der Waals surface area contributed by atoms with Gasteiger partial charge < -0.3 is 10.4 Å². The van der Waals surface area contributed by atoms with Crippen molar-refractivity contribution in [3.05, 3.63) is 28.7 Å². The van der Waals surface area contributed by atoms with Gasteiger partial charge in [0.05, 0.1) is 0 Å². The van der Waals surface area contributed by atoms with Crippen molar-refractivity contribution in [2.45, 2.75) is 30.7 Å². The molecule has 19 heavy (non-hydrogen) atoms. The third-order valence-electron chi connectivity index (χ3n) is 2.38. The number of nitrogens with one attached hydrogen (secondary N) is 1. The average molecular weight is 346 g/mol. The van der Waals surface area contributed by atoms with Crippen molar-refractivity contribution < 1.29 is 14.7 Å². The second kappa shape index (κ2) is 8.22. The van der Waals surface area contributed by atoms with E-state index in [2.05, 4.69) is 21.2 Å². The number of rotatable bonds is 7. The summed E-state index contributed by atoms with van der Waals surface area (Å²) in [6.45, 7) is 1.46. The highest BCUT2D eigenvalue weighted by molar-refractivity contribution is 9.10. The number of carbonyl (C=O) groups is 2. The Morgan fingerprint density at radius 3 is 2.58 bits per heavy atom. The van der Waals surface area contributed by atoms with Crippen LogP contribution in [0, 0.1) is 0 Å². The van der Waals surface area contributed by atoms with E-state index in [1.165, 1.54) is 6.92 Å². The summed E-state index contributed by atoms with van der Waals surface area (Å²) in [5, 5.41) is 11.1. The number of benzene rings is 1. The predicted molar refractivity (Wildman–Crippen MR) is 79.3 cm³/mol. The van der Waals surface area contributed by atoms with Crippen molar-refractivity contribution in [3.8, 4) is 0 Å². The van der Waals surface area contributed by atoms with Crippen molar-refractivity contribution in [2.24, 2.45) is 0 Å². The van der Waals surface area contributed by atoms with Gasteiger partial charge in [0, 0.05) is 15.8 Å². The van der Waals surface area contributed by atoms with Crippen LogP contribution in [0.3, 0.4) is 0 Å². The normalized spacial score (nSPS) is 11.9. The SMILES string of the molecule is CC(NC(=O)CCCSc1ccc(Br)cc1)C(=O)O. The average Bonchev–Trinajstić information content (AvgIpc) is 2.36. The van der Waals surface area contributed by atoms with E-state index in [1.807, 2.05) is 24.3 Å². The number of hydrogen-bond acceptors (Lipinski definition) is 3. The molecular formula is C13H16BrNO3S. The molecule has 0 aliphatic carbocycles. The molecule has 0 saturated carbocycles. The van der Waals surface area contributed by atoms with Gasteiger partial charge in [-0.2, -0.15) is 0 Å². The fraction of sp³-hybridized carbons (Fsp3) is 0.385. The van der Waals surface area contributed by atoms with Gasteiger partial charge >= 0.3 is 5.97 Å². The van der Waals surface area contributed by atoms with Crippen molar-refractivity contribution >= 4 is 39.6 Å². The van der Waals surface area contributed by atoms with E-state index in [4.69, 9.17) is 5.11 Å². The molecular weight excluding hydrogens is 330 g/mol. The third-order valence-corrected chi connectivity index (χ3v) is 4.01. The Morgan fingerprint density at radius 2 is 2.00 bits per heavy atom. The molecule has 0 aromatic heterocycles. The summed E-state index contributed by atoms with van der Waals surface area (Å²) in [5.74, 6) is -0.403. The van der Waals surface area contributed by atoms with E-state index >= 15 is 0 Å². The Hall–Kier alpha value is -1.01. The monoisotopic (exact) mass is 345 g/mol. The van der Waals surface area contributed by atoms with Crippen LogP contribution in [0.1, 0.15) is 19.8 Å². The molecule has 104 valence electrons. The van der Waals surface area contributed by atoms with E-state index in [1.54, 1.807) is 11.8 Å². The molecule has 1 aromatic carbocycles. The number of carbonyl (C=O) groups excluding carboxylic acids is 1. The summed E-state index contributed by atoms with van der Waals surface area (Å²) in [6, 6.07) is 7.15. The van der Waals surface area contributed by atoms with Crippen LogP contribution in [0.2, 0.25) is 0 Å². The van der Waals surface area contributed by atoms with Crippen molar-refractivity contribution in [1.29, 1.82) is 0 Å². The van der Waals surface area contributed by atoms with Gasteiger partial charge in [-0.15, -0.1) is 11.8 Å². The van der Waals surface area contributed by atoms with E-state index in [0.29, 0.717) is 6.42 Å². The van der Waals surface area contributed by atoms with Crippen molar-refractivity contribution in [2.75, 3.05) is 5.75 Å². The molecule has 4 nitrogen and oxygen atoms in total. The summed E-state index contributed by atoms with van der Waals surface area (Å²) in [5.41, 5.74) is 0. The smallest absolute Gasteiger partial charge is 0.325 e. The van der Waals surface area contributed by atoms with Gasteiger partial charge in [0.2, 0.25) is 5.91 Å². The summed E-state index contributed by atoms with van der Waals surface area (Å²) in [4.78, 5) is 23.1. The molecule has 1 rings (SSSR count). The number of halogens is 1. The van der Waals surface area contributed by atoms with Crippen LogP contribution < -0.4 is 5.32 Å². The van der Waals surface area contributed by atoms with E-state index in [-0.39, 0.29) is 5.91 Å². The lowest BCUT2D eigenvalue weighted by molar-refractivity contribution is -0.141. The molecule has 0 bridgehead atoms. The van der Waals surface area contributed by atoms with Crippen molar-refractivity contribution in [3.63, 3.8) is 0 Å². The highest BCUT2D eigenvalue weighted by atomic mass is 79.9. The lowest BCUT2D eigenvalue weighted by Gasteiger charge is -2.08. The first-order valence-electron chi connectivity index (χ1n) is 5.89. The van der Waals surface area contributed by atoms with Gasteiger partial charge in [-0.05, 0) is 43.4 Å². The number of carboxylic acid groups (broad SMARTS) is 1. The lowest BCUT2D eigenvalue weighted by Crippen LogP contribution is -2.38. The summed E-state index contributed by atoms with van der Waals surface area (Å²) < 4.78 is 1.04. The van der Waals surface area contributed by atoms with Crippen LogP contribution >= 0.6 is 27.7 Å². The molecule has 1 aromatic rings. The predicted octanol–water partition coefficient (Wildman–Crippen LogP) is 2.91. The maximum atomic E-state index is 11.4. The maximum Gasteiger partial charge on any atom is 0.325 e. The molecule has 0 saturated heterocycles. The Balaban J connectivity index is 2.18. The largest absolute Gasteiger partial charge is 0.480 e. The van der Waals surface area contributed by atoms with Gasteiger partial charge in [-0.25, -0.2) is 0 Å². The Morgan fingerprint density at radius 1 is 1.37 bits per heavy atom. The number of aliphatic carboxylic acids is 1. The zero-order valence-corrected chi connectivity index (χ0v) is 13.0. The first kappa shape index (κ1) is 16.0. The first-order chi connectivity index (χ1) is 8.99. The standard InChI is InChI=1S/C13H16BrNO3S/c1-9(13(17)18)15-12(16)3-2-8-19-11-6-4-10(14)5-7-11/h4-7,9H,2-3,8H2,1H3,(H,15,16)(H,17,18). The fourth-order valence-corrected chi connectivity index (χ4v) is 2.45. The minimum Gasteiger partial charge on any atom is -0.480 e. The minimum absolute atomic E-state index is 0.216. The summed E-state index contributed by atoms with van der Waals surface area (Å²) >= 11 is 5.05. The van der Waals surface area contributed by atoms with Crippen LogP contribution in [-0.2, 0) is 9.59 Å². The second-order valence-corrected chi connectivity index (χ2v) is 6.12. The second-order valence-electron chi connectivity index (χ2n) is 4.03. The number of carboxylic acids is 1. The molecule has 0 fully saturated rings. The van der Waals surface area contributed by atoms with Gasteiger partial charge in [0.15, 0.2) is 0 Å². The molecule has 0 aliphatic heterocycles. The molecule has 1 atom stereocenters. The number of thioether (sulfide) groups is 1. The quantitative estimate of drug-likeness (QED) is 0.589. The van der Waals surface area contributed by atoms with Gasteiger partial charge in [-0.1, -0.05) is 15.9 Å². The summed E-state index contributed by atoms with van der Waals surface area (Å²) in [7, 11) is 0. The molecule has 2 N–H and O–H groups in total. The van der Waals surface area contributed by atoms with E-state index in [0.717, 1.165) is 21.5 Å². The third kappa shape index (κ3) is 6.63. The number of hydrogen-bond donors (Lipinski definition) is 2. The van der Waals surface area contributed by atoms with E-state index < -0.39 is 12.0 Å². The van der Waals surface area contributed by atoms with Crippen LogP contribution in [0.5, 0.6) is 0 Å². The Kier molecular flexibility index (Phi) is 6.94. The maximum absolute atomic E-state index is 11.4.